The van der Waals surface area contributed by atoms with Crippen molar-refractivity contribution in [1.29, 1.82) is 0 Å². The Balaban J connectivity index is 2.96. The molecule has 1 aromatic heterocycles. The number of hydrogen-bond acceptors (Lipinski definition) is 2. The fourth-order valence-corrected chi connectivity index (χ4v) is 1.07. The van der Waals surface area contributed by atoms with Gasteiger partial charge in [-0.25, -0.2) is 9.73 Å². The smallest absolute Gasteiger partial charge is 0.224 e. The molecule has 1 aromatic rings. The van der Waals surface area contributed by atoms with Gasteiger partial charge < -0.3 is 0 Å². The standard InChI is InChI=1S/C4H4F3N2P/c1-2-8-3(9-10-2)4(5,6)7/h10H,1H3. The van der Waals surface area contributed by atoms with E-state index in [0.29, 0.717) is 5.43 Å². The summed E-state index contributed by atoms with van der Waals surface area (Å²) in [6.45, 7) is 1.53. The monoisotopic (exact) mass is 168 g/mol. The average Bonchev–Trinajstić information content (AvgIpc) is 2.11. The molecule has 0 spiro atoms. The Kier molecular flexibility index (Phi) is 1.68. The Hall–Kier alpha value is -0.570. The van der Waals surface area contributed by atoms with E-state index < -0.39 is 12.0 Å². The Labute approximate surface area is 56.6 Å². The van der Waals surface area contributed by atoms with E-state index in [-0.39, 0.29) is 8.35 Å². The Morgan fingerprint density at radius 1 is 1.40 bits per heavy atom. The molecular formula is C4H4F3N2P. The molecular weight excluding hydrogens is 164 g/mol. The predicted molar refractivity (Wildman–Crippen MR) is 31.3 cm³/mol. The summed E-state index contributed by atoms with van der Waals surface area (Å²) >= 11 is 0. The van der Waals surface area contributed by atoms with Crippen molar-refractivity contribution in [2.75, 3.05) is 0 Å². The highest BCUT2D eigenvalue weighted by Crippen LogP contribution is 2.28. The summed E-state index contributed by atoms with van der Waals surface area (Å²) in [6, 6.07) is 0. The van der Waals surface area contributed by atoms with Crippen LogP contribution in [0.2, 0.25) is 0 Å². The number of halogens is 3. The maximum Gasteiger partial charge on any atom is 0.451 e. The topological polar surface area (TPSA) is 25.8 Å². The zero-order valence-electron chi connectivity index (χ0n) is 5.03. The Bertz CT molecular complexity index is 229. The molecule has 10 heavy (non-hydrogen) atoms. The van der Waals surface area contributed by atoms with Crippen LogP contribution in [0.25, 0.3) is 0 Å². The summed E-state index contributed by atoms with van der Waals surface area (Å²) in [7, 11) is -0.146. The molecule has 0 aliphatic heterocycles. The maximum atomic E-state index is 11.7. The predicted octanol–water partition coefficient (Wildman–Crippen LogP) is 1.84. The second kappa shape index (κ2) is 2.23. The summed E-state index contributed by atoms with van der Waals surface area (Å²) in [4.78, 5) is 3.21. The minimum atomic E-state index is -4.37. The number of nitrogens with zero attached hydrogens (tertiary/aromatic N) is 2. The first-order valence-electron chi connectivity index (χ1n) is 2.46. The molecule has 1 unspecified atom stereocenters. The Morgan fingerprint density at radius 2 is 2.00 bits per heavy atom. The van der Waals surface area contributed by atoms with Crippen LogP contribution in [0.1, 0.15) is 11.3 Å². The third-order valence-corrected chi connectivity index (χ3v) is 1.61. The van der Waals surface area contributed by atoms with E-state index in [9.17, 15) is 13.2 Å². The summed E-state index contributed by atoms with van der Waals surface area (Å²) in [5.74, 6) is -0.997. The number of aromatic nitrogens is 2. The number of alkyl halides is 3. The van der Waals surface area contributed by atoms with Gasteiger partial charge in [0, 0.05) is 0 Å². The number of rotatable bonds is 0. The first-order chi connectivity index (χ1) is 4.50. The molecule has 0 saturated heterocycles. The fourth-order valence-electron chi connectivity index (χ4n) is 0.469. The lowest BCUT2D eigenvalue weighted by atomic mass is 10.6. The van der Waals surface area contributed by atoms with Gasteiger partial charge >= 0.3 is 6.18 Å². The third kappa shape index (κ3) is 1.48. The SMILES string of the molecule is Cc1nc(C(F)(F)F)n[pH]1. The fraction of sp³-hybridized carbons (Fsp3) is 0.500. The van der Waals surface area contributed by atoms with E-state index >= 15 is 0 Å². The van der Waals surface area contributed by atoms with Crippen molar-refractivity contribution in [1.82, 2.24) is 9.73 Å². The molecule has 1 heterocycles. The van der Waals surface area contributed by atoms with Crippen LogP contribution < -0.4 is 0 Å². The maximum absolute atomic E-state index is 11.7. The van der Waals surface area contributed by atoms with Gasteiger partial charge in [-0.2, -0.15) is 13.2 Å². The molecule has 56 valence electrons. The van der Waals surface area contributed by atoms with Crippen LogP contribution in [0.15, 0.2) is 0 Å². The largest absolute Gasteiger partial charge is 0.451 e. The molecule has 0 saturated carbocycles. The molecule has 2 nitrogen and oxygen atoms in total. The van der Waals surface area contributed by atoms with Crippen molar-refractivity contribution < 1.29 is 13.2 Å². The lowest BCUT2D eigenvalue weighted by Gasteiger charge is -1.97. The van der Waals surface area contributed by atoms with E-state index in [2.05, 4.69) is 9.73 Å². The first-order valence-corrected chi connectivity index (χ1v) is 3.41. The van der Waals surface area contributed by atoms with Crippen LogP contribution in [-0.4, -0.2) is 9.73 Å². The highest BCUT2D eigenvalue weighted by Gasteiger charge is 2.34. The van der Waals surface area contributed by atoms with Crippen LogP contribution in [0.3, 0.4) is 0 Å². The van der Waals surface area contributed by atoms with Gasteiger partial charge in [-0.05, 0) is 15.3 Å². The quantitative estimate of drug-likeness (QED) is 0.590. The molecule has 1 atom stereocenters. The van der Waals surface area contributed by atoms with Crippen molar-refractivity contribution in [2.24, 2.45) is 0 Å². The summed E-state index contributed by atoms with van der Waals surface area (Å²) in [5, 5.41) is 0. The van der Waals surface area contributed by atoms with Crippen molar-refractivity contribution >= 4 is 8.35 Å². The van der Waals surface area contributed by atoms with Crippen LogP contribution >= 0.6 is 8.35 Å². The normalized spacial score (nSPS) is 12.8. The van der Waals surface area contributed by atoms with Gasteiger partial charge in [-0.15, -0.1) is 0 Å². The van der Waals surface area contributed by atoms with Crippen molar-refractivity contribution in [3.05, 3.63) is 11.3 Å². The minimum Gasteiger partial charge on any atom is -0.224 e. The summed E-state index contributed by atoms with van der Waals surface area (Å²) < 4.78 is 38.3. The molecule has 0 N–H and O–H groups in total. The van der Waals surface area contributed by atoms with Gasteiger partial charge in [0.05, 0.1) is 5.43 Å². The second-order valence-corrected chi connectivity index (χ2v) is 2.91. The van der Waals surface area contributed by atoms with Gasteiger partial charge in [0.25, 0.3) is 0 Å². The van der Waals surface area contributed by atoms with Crippen LogP contribution in [0, 0.1) is 6.92 Å². The molecule has 6 heteroatoms. The molecule has 0 fully saturated rings. The highest BCUT2D eigenvalue weighted by molar-refractivity contribution is 7.26. The zero-order valence-corrected chi connectivity index (χ0v) is 6.03. The summed E-state index contributed by atoms with van der Waals surface area (Å²) in [5.41, 5.74) is 0.437. The van der Waals surface area contributed by atoms with Crippen molar-refractivity contribution in [2.45, 2.75) is 13.1 Å². The number of hydrogen-bond donors (Lipinski definition) is 0. The van der Waals surface area contributed by atoms with E-state index in [1.54, 1.807) is 0 Å². The van der Waals surface area contributed by atoms with Gasteiger partial charge in [-0.1, -0.05) is 0 Å². The molecule has 1 rings (SSSR count). The first kappa shape index (κ1) is 7.54. The zero-order chi connectivity index (χ0) is 7.78. The molecule has 0 aromatic carbocycles. The Morgan fingerprint density at radius 3 is 2.20 bits per heavy atom. The summed E-state index contributed by atoms with van der Waals surface area (Å²) in [6.07, 6.45) is -4.37. The van der Waals surface area contributed by atoms with Crippen LogP contribution in [0.4, 0.5) is 13.2 Å². The molecule has 0 bridgehead atoms. The van der Waals surface area contributed by atoms with Crippen molar-refractivity contribution in [3.8, 4) is 0 Å². The third-order valence-electron chi connectivity index (χ3n) is 0.851. The lowest BCUT2D eigenvalue weighted by Crippen LogP contribution is -2.06. The van der Waals surface area contributed by atoms with Gasteiger partial charge in [0.2, 0.25) is 5.82 Å². The highest BCUT2D eigenvalue weighted by atomic mass is 31.0. The molecule has 0 aliphatic rings. The van der Waals surface area contributed by atoms with E-state index in [0.717, 1.165) is 0 Å². The lowest BCUT2D eigenvalue weighted by molar-refractivity contribution is -0.144. The van der Waals surface area contributed by atoms with Gasteiger partial charge in [0.15, 0.2) is 0 Å². The molecule has 0 radical (unpaired) electrons. The second-order valence-electron chi connectivity index (χ2n) is 1.74. The van der Waals surface area contributed by atoms with E-state index in [4.69, 9.17) is 0 Å². The van der Waals surface area contributed by atoms with E-state index in [1.165, 1.54) is 6.92 Å². The minimum absolute atomic E-state index is 0.146. The van der Waals surface area contributed by atoms with Crippen molar-refractivity contribution in [3.63, 3.8) is 0 Å². The van der Waals surface area contributed by atoms with Gasteiger partial charge in [0.1, 0.15) is 0 Å². The van der Waals surface area contributed by atoms with Gasteiger partial charge in [-0.3, -0.25) is 0 Å². The average molecular weight is 168 g/mol. The number of aryl methyl sites for hydroxylation is 1. The van der Waals surface area contributed by atoms with E-state index in [1.807, 2.05) is 0 Å². The van der Waals surface area contributed by atoms with Crippen LogP contribution in [0.5, 0.6) is 0 Å². The molecule has 0 aliphatic carbocycles. The molecule has 0 amide bonds. The van der Waals surface area contributed by atoms with Crippen LogP contribution in [-0.2, 0) is 6.18 Å².